The van der Waals surface area contributed by atoms with Crippen LogP contribution in [0.5, 0.6) is 11.5 Å². The van der Waals surface area contributed by atoms with E-state index in [1.165, 1.54) is 55.0 Å². The van der Waals surface area contributed by atoms with E-state index in [0.29, 0.717) is 133 Å². The van der Waals surface area contributed by atoms with Gasteiger partial charge in [-0.2, -0.15) is 0 Å². The highest BCUT2D eigenvalue weighted by atomic mass is 32.2. The normalized spacial score (nSPS) is 21.5. The van der Waals surface area contributed by atoms with Crippen LogP contribution in [-0.4, -0.2) is 197 Å². The lowest BCUT2D eigenvalue weighted by molar-refractivity contribution is -0.136. The minimum atomic E-state index is -4.40. The van der Waals surface area contributed by atoms with Gasteiger partial charge in [0.2, 0.25) is 20.0 Å². The molecule has 0 radical (unpaired) electrons. The number of ether oxygens (including phenoxy) is 3. The van der Waals surface area contributed by atoms with Gasteiger partial charge in [-0.05, 0) is 296 Å². The lowest BCUT2D eigenvalue weighted by atomic mass is 9.96. The van der Waals surface area contributed by atoms with Gasteiger partial charge in [0.05, 0.1) is 77.0 Å². The van der Waals surface area contributed by atoms with Crippen LogP contribution in [0.3, 0.4) is 0 Å². The molecular formula is C103H131F3N16O17S4. The van der Waals surface area contributed by atoms with Gasteiger partial charge in [-0.25, -0.2) is 91.1 Å². The van der Waals surface area contributed by atoms with Gasteiger partial charge in [-0.15, -0.1) is 0 Å². The molecule has 4 aromatic carbocycles. The van der Waals surface area contributed by atoms with Crippen molar-refractivity contribution in [3.8, 4) is 45.1 Å². The molecule has 40 heteroatoms. The first-order valence-corrected chi connectivity index (χ1v) is 53.9. The van der Waals surface area contributed by atoms with Crippen LogP contribution in [0.2, 0.25) is 0 Å². The van der Waals surface area contributed by atoms with Crippen molar-refractivity contribution in [1.29, 1.82) is 0 Å². The number of carbonyl (C=O) groups excluding carboxylic acids is 5. The molecule has 1 aliphatic carbocycles. The summed E-state index contributed by atoms with van der Waals surface area (Å²) in [7, 11) is -15.3. The molecular weight excluding hydrogens is 1920 g/mol. The molecule has 16 rings (SSSR count). The second-order valence-electron chi connectivity index (χ2n) is 42.1. The Bertz CT molecular complexity index is 6850. The Hall–Kier alpha value is -12.1. The fourth-order valence-corrected chi connectivity index (χ4v) is 26.2. The van der Waals surface area contributed by atoms with Gasteiger partial charge in [0.1, 0.15) is 45.5 Å². The van der Waals surface area contributed by atoms with Crippen LogP contribution in [0.4, 0.5) is 42.1 Å². The Balaban J connectivity index is 0.000000161. The molecule has 2 bridgehead atoms. The summed E-state index contributed by atoms with van der Waals surface area (Å²) in [6, 6.07) is 36.8. The van der Waals surface area contributed by atoms with Crippen LogP contribution in [0, 0.1) is 62.1 Å². The largest absolute Gasteiger partial charge is 0.497 e. The summed E-state index contributed by atoms with van der Waals surface area (Å²) in [5, 5.41) is -1.32. The van der Waals surface area contributed by atoms with Crippen LogP contribution in [0.1, 0.15) is 213 Å². The van der Waals surface area contributed by atoms with Gasteiger partial charge < -0.3 is 44.5 Å². The first-order chi connectivity index (χ1) is 66.9. The van der Waals surface area contributed by atoms with Gasteiger partial charge in [-0.1, -0.05) is 64.8 Å². The molecule has 143 heavy (non-hydrogen) atoms. The van der Waals surface area contributed by atoms with Crippen LogP contribution in [0.25, 0.3) is 33.6 Å². The maximum absolute atomic E-state index is 14.6. The van der Waals surface area contributed by atoms with E-state index >= 15 is 0 Å². The maximum Gasteiger partial charge on any atom is 0.269 e. The van der Waals surface area contributed by atoms with E-state index in [1.807, 2.05) is 101 Å². The quantitative estimate of drug-likeness (QED) is 0.0265. The number of hydrogen-bond acceptors (Lipinski definition) is 27. The number of hydrogen-bond donors (Lipinski definition) is 7. The number of methoxy groups -OCH3 is 1. The van der Waals surface area contributed by atoms with Crippen molar-refractivity contribution in [2.45, 2.75) is 230 Å². The molecule has 7 fully saturated rings. The molecule has 8 atom stereocenters. The molecule has 7 aliphatic rings. The van der Waals surface area contributed by atoms with Gasteiger partial charge in [0.15, 0.2) is 10.1 Å². The zero-order valence-corrected chi connectivity index (χ0v) is 87.5. The van der Waals surface area contributed by atoms with Crippen LogP contribution >= 0.6 is 0 Å². The Morgan fingerprint density at radius 3 is 1.52 bits per heavy atom. The summed E-state index contributed by atoms with van der Waals surface area (Å²) in [5.74, 6) is -0.557. The third kappa shape index (κ3) is 25.3. The number of nitrogens with two attached hydrogens (primary N) is 1. The van der Waals surface area contributed by atoms with Crippen molar-refractivity contribution < 1.29 is 85.0 Å². The van der Waals surface area contributed by atoms with Crippen molar-refractivity contribution in [3.63, 3.8) is 0 Å². The fourth-order valence-electron chi connectivity index (χ4n) is 21.0. The van der Waals surface area contributed by atoms with Crippen LogP contribution in [0.15, 0.2) is 167 Å². The predicted octanol–water partition coefficient (Wildman–Crippen LogP) is 14.9. The third-order valence-electron chi connectivity index (χ3n) is 26.9. The summed E-state index contributed by atoms with van der Waals surface area (Å²) >= 11 is 0. The number of nitrogen functional groups attached to an aromatic ring is 1. The Morgan fingerprint density at radius 1 is 0.531 bits per heavy atom. The van der Waals surface area contributed by atoms with E-state index in [1.54, 1.807) is 55.6 Å². The van der Waals surface area contributed by atoms with Gasteiger partial charge in [0.25, 0.3) is 61.6 Å². The number of anilines is 5. The van der Waals surface area contributed by atoms with Gasteiger partial charge in [-0.3, -0.25) is 33.8 Å². The number of rotatable bonds is 26. The highest BCUT2D eigenvalue weighted by Gasteiger charge is 2.55. The number of pyridine rings is 5. The number of piperidine rings is 1. The van der Waals surface area contributed by atoms with Crippen molar-refractivity contribution in [3.05, 3.63) is 207 Å². The molecule has 1 saturated carbocycles. The number of aromatic amines is 1. The number of aryl methyl sites for hydroxylation is 3. The standard InChI is InChI=1S/C31H41FN2O5S.C26H31N5O4S.C26H30N4O4S.C20H29F2N5O4S/c1-19(2)17-38-25-10-22(9-24(32)12-25)21-7-8-26(27(11-21)34-16-20(3)13-30(34,4)5)29(35)33-40(36,37)28-15-31(6)14-23(28)18-39-31;1-16-11-18(13-19(12-16)35-5)21-9-8-20(24(29-21)31-15-17(2)14-26(31,3)4)25(32)30-36(33,34)22-7-6-10-28-23(22)27;1-16-11-17(2)13-19(12-16)21-9-8-20(23(28-21)30-15-18(3)14-26(30,4)5)24(31)29-35(33,34)22-7-6-10-27-25(22)32;1-13-10-20(2,3)26(12-13)17-14(6-4-8-23-17)18(28)25-32(30,31)15-7-5-9-27(19(15)29)24-11-16(21)22/h7-12,19-20,23,28H,13-18H2,1-6H3,(H,33,35);6-13,17H,14-15H2,1-5H3,(H2,27,28)(H,30,32);6-13,18H,14-15H2,1-5H3,(H,27,32)(H,29,31);4,6,8,13,15-16,24H,5,7,9-12H2,1-3H3,(H,25,28)/t20-,23?,28?,31?;17-;18-;/m100./s1. The summed E-state index contributed by atoms with van der Waals surface area (Å²) in [4.78, 5) is 106. The monoisotopic (exact) mass is 2050 g/mol. The molecule has 5 amide bonds. The number of nitrogens with zero attached hydrogens (tertiary/aromatic N) is 9. The average molecular weight is 2050 g/mol. The minimum Gasteiger partial charge on any atom is -0.497 e. The maximum atomic E-state index is 14.6. The SMILES string of the molecule is CC(C)COc1cc(F)cc(-c2ccc(C(=O)NS(=O)(=O)C3CC4(C)CC3CO4)c(N3C[C@H](C)CC3(C)C)c2)c1.CC1CN(c2ncccc2C(=O)NS(=O)(=O)C2CCCN(NCC(F)F)C2=O)C(C)(C)C1.COc1cc(C)cc(-c2ccc(C(=O)NS(=O)(=O)c3cccnc3N)c(N3C[C@@H](C)CC3(C)C)n2)c1.Cc1cc(C)cc(-c2ccc(C(=O)NS(=O)(=O)c3ccc[nH]c3=O)c(N3C[C@@H](C)CC3(C)C)n2)c1. The number of nitrogens with one attached hydrogen (secondary N) is 6. The number of halogens is 3. The molecule has 11 heterocycles. The smallest absolute Gasteiger partial charge is 0.269 e. The number of fused-ring (bicyclic) bond motifs is 2. The topological polar surface area (TPSA) is 436 Å². The van der Waals surface area contributed by atoms with E-state index in [2.05, 4.69) is 125 Å². The van der Waals surface area contributed by atoms with E-state index in [9.17, 15) is 75.6 Å². The van der Waals surface area contributed by atoms with E-state index in [4.69, 9.17) is 29.9 Å². The molecule has 33 nitrogen and oxygen atoms in total. The lowest BCUT2D eigenvalue weighted by Crippen LogP contribution is -2.56. The van der Waals surface area contributed by atoms with Crippen molar-refractivity contribution in [1.82, 2.24) is 54.2 Å². The first kappa shape index (κ1) is 108. The van der Waals surface area contributed by atoms with Crippen LogP contribution in [-0.2, 0) is 49.6 Å². The fraction of sp³-hybridized carbons (Fsp3) is 0.476. The summed E-state index contributed by atoms with van der Waals surface area (Å²) in [5.41, 5.74) is 14.6. The van der Waals surface area contributed by atoms with Crippen molar-refractivity contribution >= 4 is 98.6 Å². The number of carbonyl (C=O) groups is 5. The van der Waals surface area contributed by atoms with Crippen molar-refractivity contribution in [2.75, 3.05) is 84.9 Å². The Kier molecular flexibility index (Phi) is 32.3. The predicted molar refractivity (Wildman–Crippen MR) is 545 cm³/mol. The summed E-state index contributed by atoms with van der Waals surface area (Å²) < 4.78 is 169. The lowest BCUT2D eigenvalue weighted by Gasteiger charge is -2.35. The molecule has 9 aromatic rings. The van der Waals surface area contributed by atoms with E-state index in [-0.39, 0.29) is 74.0 Å². The molecule has 5 aromatic heterocycles. The van der Waals surface area contributed by atoms with Gasteiger partial charge >= 0.3 is 0 Å². The second-order valence-corrected chi connectivity index (χ2v) is 49.1. The number of hydrazine groups is 1. The van der Waals surface area contributed by atoms with E-state index in [0.717, 1.165) is 76.7 Å². The highest BCUT2D eigenvalue weighted by Crippen LogP contribution is 2.49. The van der Waals surface area contributed by atoms with Gasteiger partial charge in [0, 0.05) is 96.6 Å². The number of sulfonamides is 4. The number of amides is 5. The number of aromatic nitrogens is 5. The zero-order chi connectivity index (χ0) is 105. The zero-order valence-electron chi connectivity index (χ0n) is 84.3. The first-order valence-electron chi connectivity index (χ1n) is 47.9. The highest BCUT2D eigenvalue weighted by molar-refractivity contribution is 7.91. The number of H-pyrrole nitrogens is 1. The second kappa shape index (κ2) is 42.7. The Morgan fingerprint density at radius 2 is 1.01 bits per heavy atom. The molecule has 770 valence electrons. The summed E-state index contributed by atoms with van der Waals surface area (Å²) in [6.45, 7) is 40.2. The minimum absolute atomic E-state index is 0.00905. The molecule has 0 spiro atoms. The average Bonchev–Trinajstić information content (AvgIpc) is 1.60. The Labute approximate surface area is 835 Å². The molecule has 8 N–H and O–H groups in total. The number of alkyl halides is 2. The molecule has 6 aliphatic heterocycles. The van der Waals surface area contributed by atoms with Crippen molar-refractivity contribution in [2.24, 2.45) is 35.5 Å². The summed E-state index contributed by atoms with van der Waals surface area (Å²) in [6.07, 6.45) is 6.52. The third-order valence-corrected chi connectivity index (χ3v) is 33.1. The van der Waals surface area contributed by atoms with Crippen LogP contribution < -0.4 is 64.7 Å². The number of benzene rings is 4. The molecule has 6 saturated heterocycles. The molecule has 5 unspecified atom stereocenters. The van der Waals surface area contributed by atoms with E-state index < -0.39 is 115 Å².